The maximum atomic E-state index is 3.53. The van der Waals surface area contributed by atoms with Crippen LogP contribution in [0.4, 0.5) is 0 Å². The molecular weight excluding hydrogens is 216 g/mol. The summed E-state index contributed by atoms with van der Waals surface area (Å²) in [6.07, 6.45) is 8.56. The van der Waals surface area contributed by atoms with Crippen LogP contribution >= 0.6 is 0 Å². The Morgan fingerprint density at radius 3 is 2.83 bits per heavy atom. The van der Waals surface area contributed by atoms with Crippen LogP contribution in [0, 0.1) is 17.8 Å². The van der Waals surface area contributed by atoms with Crippen molar-refractivity contribution < 1.29 is 0 Å². The quantitative estimate of drug-likeness (QED) is 0.583. The average molecular weight is 236 g/mol. The third-order valence-corrected chi connectivity index (χ3v) is 4.30. The van der Waals surface area contributed by atoms with E-state index in [0.29, 0.717) is 11.8 Å². The number of hydrogen-bond acceptors (Lipinski definition) is 0. The van der Waals surface area contributed by atoms with Crippen LogP contribution in [0.1, 0.15) is 49.7 Å². The first-order valence-electron chi connectivity index (χ1n) is 7.13. The number of benzene rings is 1. The molecule has 0 N–H and O–H groups in total. The maximum Gasteiger partial charge on any atom is 0.0313 e. The molecule has 0 radical (unpaired) electrons. The average Bonchev–Trinajstić information content (AvgIpc) is 2.75. The molecule has 0 heteroatoms. The normalized spacial score (nSPS) is 25.9. The molecule has 0 nitrogen and oxygen atoms in total. The molecule has 0 bridgehead atoms. The van der Waals surface area contributed by atoms with Gasteiger partial charge < -0.3 is 0 Å². The van der Waals surface area contributed by atoms with Crippen LogP contribution in [0.2, 0.25) is 0 Å². The van der Waals surface area contributed by atoms with E-state index in [9.17, 15) is 0 Å². The second-order valence-corrected chi connectivity index (χ2v) is 5.54. The highest BCUT2D eigenvalue weighted by atomic mass is 14.3. The topological polar surface area (TPSA) is 0 Å². The van der Waals surface area contributed by atoms with Gasteiger partial charge in [0.2, 0.25) is 0 Å². The summed E-state index contributed by atoms with van der Waals surface area (Å²) in [6, 6.07) is 8.81. The SMILES string of the molecule is C[C@@H]1c2ccccc2C[C@H]1C#CC1=CCCCC1. The fourth-order valence-corrected chi connectivity index (χ4v) is 3.11. The van der Waals surface area contributed by atoms with Gasteiger partial charge in [0, 0.05) is 5.92 Å². The molecule has 0 spiro atoms. The van der Waals surface area contributed by atoms with Crippen molar-refractivity contribution in [2.45, 2.75) is 44.9 Å². The Hall–Kier alpha value is -1.48. The minimum Gasteiger partial charge on any atom is -0.0939 e. The molecule has 1 aromatic rings. The van der Waals surface area contributed by atoms with E-state index in [1.54, 1.807) is 0 Å². The summed E-state index contributed by atoms with van der Waals surface area (Å²) < 4.78 is 0. The van der Waals surface area contributed by atoms with Crippen LogP contribution in [0.15, 0.2) is 35.9 Å². The molecule has 1 aromatic carbocycles. The standard InChI is InChI=1S/C18H20/c1-14-16(12-11-15-7-3-2-4-8-15)13-17-9-5-6-10-18(14)17/h5-7,9-10,14,16H,2-4,8,13H2,1H3/t14-,16+/m0/s1. The van der Waals surface area contributed by atoms with Gasteiger partial charge in [-0.1, -0.05) is 49.1 Å². The van der Waals surface area contributed by atoms with E-state index < -0.39 is 0 Å². The predicted octanol–water partition coefficient (Wildman–Crippen LogP) is 4.47. The van der Waals surface area contributed by atoms with Gasteiger partial charge in [0.25, 0.3) is 0 Å². The lowest BCUT2D eigenvalue weighted by molar-refractivity contribution is 0.611. The molecule has 92 valence electrons. The number of rotatable bonds is 0. The van der Waals surface area contributed by atoms with Gasteiger partial charge in [-0.3, -0.25) is 0 Å². The van der Waals surface area contributed by atoms with E-state index in [-0.39, 0.29) is 0 Å². The molecular formula is C18H20. The van der Waals surface area contributed by atoms with Crippen molar-refractivity contribution >= 4 is 0 Å². The van der Waals surface area contributed by atoms with Gasteiger partial charge in [-0.05, 0) is 54.7 Å². The van der Waals surface area contributed by atoms with Gasteiger partial charge in [0.15, 0.2) is 0 Å². The van der Waals surface area contributed by atoms with E-state index in [1.165, 1.54) is 42.4 Å². The lowest BCUT2D eigenvalue weighted by Crippen LogP contribution is -2.01. The van der Waals surface area contributed by atoms with E-state index in [4.69, 9.17) is 0 Å². The molecule has 0 saturated heterocycles. The monoisotopic (exact) mass is 236 g/mol. The number of allylic oxidation sites excluding steroid dienone is 2. The molecule has 0 amide bonds. The Morgan fingerprint density at radius 2 is 2.06 bits per heavy atom. The van der Waals surface area contributed by atoms with Crippen LogP contribution in [0.3, 0.4) is 0 Å². The van der Waals surface area contributed by atoms with Gasteiger partial charge in [-0.2, -0.15) is 0 Å². The summed E-state index contributed by atoms with van der Waals surface area (Å²) in [4.78, 5) is 0. The van der Waals surface area contributed by atoms with E-state index >= 15 is 0 Å². The smallest absolute Gasteiger partial charge is 0.0313 e. The first kappa shape index (κ1) is 11.6. The van der Waals surface area contributed by atoms with Crippen molar-refractivity contribution in [3.05, 3.63) is 47.0 Å². The van der Waals surface area contributed by atoms with Gasteiger partial charge in [0.1, 0.15) is 0 Å². The molecule has 0 heterocycles. The summed E-state index contributed by atoms with van der Waals surface area (Å²) in [5, 5.41) is 0. The summed E-state index contributed by atoms with van der Waals surface area (Å²) >= 11 is 0. The largest absolute Gasteiger partial charge is 0.0939 e. The third kappa shape index (κ3) is 2.23. The molecule has 0 unspecified atom stereocenters. The third-order valence-electron chi connectivity index (χ3n) is 4.30. The highest BCUT2D eigenvalue weighted by Gasteiger charge is 2.27. The minimum atomic E-state index is 0.519. The summed E-state index contributed by atoms with van der Waals surface area (Å²) in [5.41, 5.74) is 4.39. The number of fused-ring (bicyclic) bond motifs is 1. The second-order valence-electron chi connectivity index (χ2n) is 5.54. The van der Waals surface area contributed by atoms with Crippen molar-refractivity contribution in [3.63, 3.8) is 0 Å². The van der Waals surface area contributed by atoms with Crippen LogP contribution in [-0.2, 0) is 6.42 Å². The molecule has 0 aromatic heterocycles. The van der Waals surface area contributed by atoms with Crippen LogP contribution in [-0.4, -0.2) is 0 Å². The molecule has 0 aliphatic heterocycles. The Balaban J connectivity index is 1.77. The van der Waals surface area contributed by atoms with Gasteiger partial charge >= 0.3 is 0 Å². The van der Waals surface area contributed by atoms with Crippen molar-refractivity contribution in [2.75, 3.05) is 0 Å². The molecule has 0 fully saturated rings. The van der Waals surface area contributed by atoms with Crippen molar-refractivity contribution in [3.8, 4) is 11.8 Å². The lowest BCUT2D eigenvalue weighted by Gasteiger charge is -2.10. The van der Waals surface area contributed by atoms with E-state index in [2.05, 4.69) is 49.1 Å². The van der Waals surface area contributed by atoms with Crippen LogP contribution in [0.5, 0.6) is 0 Å². The van der Waals surface area contributed by atoms with Crippen molar-refractivity contribution in [1.29, 1.82) is 0 Å². The Bertz CT molecular complexity index is 524. The molecule has 2 aliphatic rings. The Kier molecular flexibility index (Phi) is 3.24. The van der Waals surface area contributed by atoms with Crippen molar-refractivity contribution in [1.82, 2.24) is 0 Å². The second kappa shape index (κ2) is 5.02. The predicted molar refractivity (Wildman–Crippen MR) is 76.4 cm³/mol. The molecule has 0 saturated carbocycles. The fraction of sp³-hybridized carbons (Fsp3) is 0.444. The molecule has 2 aliphatic carbocycles. The highest BCUT2D eigenvalue weighted by Crippen LogP contribution is 2.37. The van der Waals surface area contributed by atoms with E-state index in [0.717, 1.165) is 6.42 Å². The zero-order valence-corrected chi connectivity index (χ0v) is 11.1. The van der Waals surface area contributed by atoms with Crippen LogP contribution in [0.25, 0.3) is 0 Å². The summed E-state index contributed by atoms with van der Waals surface area (Å²) in [6.45, 7) is 2.32. The highest BCUT2D eigenvalue weighted by molar-refractivity contribution is 5.40. The van der Waals surface area contributed by atoms with Gasteiger partial charge in [-0.15, -0.1) is 0 Å². The van der Waals surface area contributed by atoms with Crippen molar-refractivity contribution in [2.24, 2.45) is 5.92 Å². The Labute approximate surface area is 110 Å². The fourth-order valence-electron chi connectivity index (χ4n) is 3.11. The number of hydrogen-bond donors (Lipinski definition) is 0. The molecule has 3 rings (SSSR count). The summed E-state index contributed by atoms with van der Waals surface area (Å²) in [5.74, 6) is 8.08. The zero-order valence-electron chi connectivity index (χ0n) is 11.1. The van der Waals surface area contributed by atoms with Crippen LogP contribution < -0.4 is 0 Å². The van der Waals surface area contributed by atoms with E-state index in [1.807, 2.05) is 0 Å². The van der Waals surface area contributed by atoms with Gasteiger partial charge in [-0.25, -0.2) is 0 Å². The molecule has 18 heavy (non-hydrogen) atoms. The first-order valence-corrected chi connectivity index (χ1v) is 7.13. The first-order chi connectivity index (χ1) is 8.84. The maximum absolute atomic E-state index is 3.53. The minimum absolute atomic E-state index is 0.519. The Morgan fingerprint density at radius 1 is 1.17 bits per heavy atom. The lowest BCUT2D eigenvalue weighted by atomic mass is 9.94. The summed E-state index contributed by atoms with van der Waals surface area (Å²) in [7, 11) is 0. The molecule has 2 atom stereocenters. The van der Waals surface area contributed by atoms with Gasteiger partial charge in [0.05, 0.1) is 0 Å². The zero-order chi connectivity index (χ0) is 12.4.